The molecular weight excluding hydrogens is 478 g/mol. The zero-order valence-electron chi connectivity index (χ0n) is 21.3. The van der Waals surface area contributed by atoms with E-state index in [9.17, 15) is 22.0 Å². The predicted octanol–water partition coefficient (Wildman–Crippen LogP) is 1.61. The molecule has 2 heterocycles. The predicted molar refractivity (Wildman–Crippen MR) is 131 cm³/mol. The van der Waals surface area contributed by atoms with Crippen molar-refractivity contribution < 1.29 is 26.7 Å². The Kier molecular flexibility index (Phi) is 8.27. The van der Waals surface area contributed by atoms with E-state index in [2.05, 4.69) is 36.3 Å². The number of aldehydes is 1. The van der Waals surface area contributed by atoms with Crippen LogP contribution in [0.2, 0.25) is 0 Å². The van der Waals surface area contributed by atoms with Gasteiger partial charge in [0.05, 0.1) is 24.4 Å². The molecule has 0 spiro atoms. The van der Waals surface area contributed by atoms with Crippen LogP contribution in [-0.4, -0.2) is 93.2 Å². The normalized spacial score (nSPS) is 26.3. The number of ether oxygens (including phenoxy) is 1. The van der Waals surface area contributed by atoms with E-state index in [1.54, 1.807) is 7.05 Å². The van der Waals surface area contributed by atoms with Crippen LogP contribution in [0.4, 0.5) is 8.78 Å². The summed E-state index contributed by atoms with van der Waals surface area (Å²) in [4.78, 5) is 13.8. The van der Waals surface area contributed by atoms with Crippen molar-refractivity contribution in [3.8, 4) is 5.75 Å². The number of likely N-dealkylation sites (N-methyl/N-ethyl adjacent to an activating group) is 1. The van der Waals surface area contributed by atoms with Crippen molar-refractivity contribution in [1.29, 1.82) is 0 Å². The molecule has 1 aromatic rings. The van der Waals surface area contributed by atoms with Gasteiger partial charge in [-0.25, -0.2) is 17.2 Å². The molecule has 2 aliphatic heterocycles. The number of fused-ring (bicyclic) bond motifs is 1. The molecule has 0 saturated carbocycles. The van der Waals surface area contributed by atoms with Crippen LogP contribution in [0.3, 0.4) is 0 Å². The summed E-state index contributed by atoms with van der Waals surface area (Å²) in [6.45, 7) is 10.0. The zero-order chi connectivity index (χ0) is 26.2. The molecule has 5 unspecified atom stereocenters. The van der Waals surface area contributed by atoms with Gasteiger partial charge in [-0.2, -0.15) is 4.31 Å². The molecule has 2 saturated heterocycles. The highest BCUT2D eigenvalue weighted by molar-refractivity contribution is 7.88. The van der Waals surface area contributed by atoms with Crippen LogP contribution in [0, 0.1) is 17.0 Å². The molecule has 2 N–H and O–H groups in total. The summed E-state index contributed by atoms with van der Waals surface area (Å²) >= 11 is 0. The Bertz CT molecular complexity index is 1020. The quantitative estimate of drug-likeness (QED) is 0.457. The Hall–Kier alpha value is -1.66. The molecule has 2 aliphatic rings. The highest BCUT2D eigenvalue weighted by atomic mass is 32.2. The van der Waals surface area contributed by atoms with Gasteiger partial charge in [-0.05, 0) is 37.9 Å². The highest BCUT2D eigenvalue weighted by Crippen LogP contribution is 2.37. The van der Waals surface area contributed by atoms with E-state index in [1.807, 2.05) is 6.92 Å². The second kappa shape index (κ2) is 10.4. The third-order valence-electron chi connectivity index (χ3n) is 7.25. The summed E-state index contributed by atoms with van der Waals surface area (Å²) in [5, 5.41) is 6.57. The standard InChI is InChI=1S/C24H38F2N4O4S/c1-23(2,3)21(28-14-24(4,15-31)27-5)13-29-10-9-19-22(29)20(12-30(19)35(6,32)33)34-16-7-8-17(25)18(26)11-16/h7-8,11,15,19-22,27-28H,9-10,12-14H2,1-6H3. The topological polar surface area (TPSA) is 91.0 Å². The van der Waals surface area contributed by atoms with Crippen LogP contribution in [0.1, 0.15) is 34.1 Å². The van der Waals surface area contributed by atoms with Crippen LogP contribution in [0.5, 0.6) is 5.75 Å². The Morgan fingerprint density at radius 3 is 2.46 bits per heavy atom. The number of hydrogen-bond acceptors (Lipinski definition) is 7. The second-order valence-electron chi connectivity index (χ2n) is 11.0. The van der Waals surface area contributed by atoms with Crippen LogP contribution in [-0.2, 0) is 14.8 Å². The van der Waals surface area contributed by atoms with Gasteiger partial charge in [0.25, 0.3) is 0 Å². The number of rotatable bonds is 10. The van der Waals surface area contributed by atoms with Crippen LogP contribution < -0.4 is 15.4 Å². The lowest BCUT2D eigenvalue weighted by molar-refractivity contribution is -0.112. The zero-order valence-corrected chi connectivity index (χ0v) is 22.2. The minimum atomic E-state index is -3.48. The maximum atomic E-state index is 13.8. The monoisotopic (exact) mass is 516 g/mol. The molecule has 3 rings (SSSR count). The number of sulfonamides is 1. The lowest BCUT2D eigenvalue weighted by Crippen LogP contribution is -2.58. The number of carbonyl (C=O) groups is 1. The van der Waals surface area contributed by atoms with E-state index in [-0.39, 0.29) is 35.8 Å². The number of halogens is 2. The van der Waals surface area contributed by atoms with Gasteiger partial charge in [-0.3, -0.25) is 4.90 Å². The van der Waals surface area contributed by atoms with Gasteiger partial charge in [-0.1, -0.05) is 20.8 Å². The van der Waals surface area contributed by atoms with Gasteiger partial charge in [0.15, 0.2) is 11.6 Å². The number of hydrogen-bond donors (Lipinski definition) is 2. The van der Waals surface area contributed by atoms with E-state index >= 15 is 0 Å². The number of likely N-dealkylation sites (tertiary alicyclic amines) is 1. The average molecular weight is 517 g/mol. The van der Waals surface area contributed by atoms with E-state index in [0.717, 1.165) is 18.4 Å². The second-order valence-corrected chi connectivity index (χ2v) is 12.9. The van der Waals surface area contributed by atoms with Crippen LogP contribution in [0.15, 0.2) is 18.2 Å². The van der Waals surface area contributed by atoms with Crippen molar-refractivity contribution in [2.75, 3.05) is 39.5 Å². The molecule has 0 aromatic heterocycles. The number of nitrogens with zero attached hydrogens (tertiary/aromatic N) is 2. The smallest absolute Gasteiger partial charge is 0.211 e. The maximum Gasteiger partial charge on any atom is 0.211 e. The number of benzene rings is 1. The van der Waals surface area contributed by atoms with Gasteiger partial charge >= 0.3 is 0 Å². The first-order chi connectivity index (χ1) is 16.2. The van der Waals surface area contributed by atoms with E-state index in [0.29, 0.717) is 26.1 Å². The Morgan fingerprint density at radius 1 is 1.23 bits per heavy atom. The lowest BCUT2D eigenvalue weighted by atomic mass is 9.85. The third kappa shape index (κ3) is 6.37. The molecule has 0 bridgehead atoms. The first-order valence-electron chi connectivity index (χ1n) is 11.9. The van der Waals surface area contributed by atoms with Gasteiger partial charge in [0.2, 0.25) is 10.0 Å². The molecule has 0 amide bonds. The Balaban J connectivity index is 1.84. The van der Waals surface area contributed by atoms with E-state index in [1.165, 1.54) is 16.6 Å². The van der Waals surface area contributed by atoms with Crippen LogP contribution >= 0.6 is 0 Å². The maximum absolute atomic E-state index is 13.8. The molecule has 1 aromatic carbocycles. The molecule has 8 nitrogen and oxygen atoms in total. The first kappa shape index (κ1) is 27.9. The summed E-state index contributed by atoms with van der Waals surface area (Å²) in [6.07, 6.45) is 2.18. The van der Waals surface area contributed by atoms with E-state index in [4.69, 9.17) is 4.74 Å². The van der Waals surface area contributed by atoms with Crippen molar-refractivity contribution in [2.45, 2.75) is 63.9 Å². The molecule has 2 fully saturated rings. The van der Waals surface area contributed by atoms with Gasteiger partial charge in [0.1, 0.15) is 18.1 Å². The molecule has 198 valence electrons. The molecule has 0 aliphatic carbocycles. The summed E-state index contributed by atoms with van der Waals surface area (Å²) in [5.74, 6) is -1.82. The lowest BCUT2D eigenvalue weighted by Gasteiger charge is -2.39. The molecule has 5 atom stereocenters. The summed E-state index contributed by atoms with van der Waals surface area (Å²) in [7, 11) is -1.74. The van der Waals surface area contributed by atoms with Gasteiger partial charge in [0, 0.05) is 37.8 Å². The average Bonchev–Trinajstić information content (AvgIpc) is 3.33. The summed E-state index contributed by atoms with van der Waals surface area (Å²) in [6, 6.07) is 2.83. The summed E-state index contributed by atoms with van der Waals surface area (Å²) < 4.78 is 59.8. The fraction of sp³-hybridized carbons (Fsp3) is 0.708. The van der Waals surface area contributed by atoms with Crippen molar-refractivity contribution in [2.24, 2.45) is 5.41 Å². The Morgan fingerprint density at radius 2 is 1.91 bits per heavy atom. The van der Waals surface area contributed by atoms with Gasteiger partial charge in [-0.15, -0.1) is 0 Å². The van der Waals surface area contributed by atoms with Crippen molar-refractivity contribution >= 4 is 16.3 Å². The minimum absolute atomic E-state index is 0.00919. The fourth-order valence-electron chi connectivity index (χ4n) is 4.91. The highest BCUT2D eigenvalue weighted by Gasteiger charge is 2.53. The van der Waals surface area contributed by atoms with Crippen molar-refractivity contribution in [3.63, 3.8) is 0 Å². The molecular formula is C24H38F2N4O4S. The fourth-order valence-corrected chi connectivity index (χ4v) is 6.05. The first-order valence-corrected chi connectivity index (χ1v) is 13.7. The van der Waals surface area contributed by atoms with Gasteiger partial charge < -0.3 is 20.2 Å². The van der Waals surface area contributed by atoms with Crippen molar-refractivity contribution in [3.05, 3.63) is 29.8 Å². The molecule has 11 heteroatoms. The Labute approximate surface area is 207 Å². The number of nitrogens with one attached hydrogen (secondary N) is 2. The van der Waals surface area contributed by atoms with E-state index < -0.39 is 33.3 Å². The van der Waals surface area contributed by atoms with Crippen molar-refractivity contribution in [1.82, 2.24) is 19.8 Å². The summed E-state index contributed by atoms with van der Waals surface area (Å²) in [5.41, 5.74) is -0.864. The third-order valence-corrected chi connectivity index (χ3v) is 8.52. The SMILES string of the molecule is CNC(C)(C=O)CNC(CN1CCC2C1C(Oc1ccc(F)c(F)c1)CN2S(C)(=O)=O)C(C)(C)C. The minimum Gasteiger partial charge on any atom is -0.487 e. The number of carbonyl (C=O) groups excluding carboxylic acids is 1. The molecule has 35 heavy (non-hydrogen) atoms. The molecule has 0 radical (unpaired) electrons. The van der Waals surface area contributed by atoms with Crippen LogP contribution in [0.25, 0.3) is 0 Å². The largest absolute Gasteiger partial charge is 0.487 e.